The second-order valence-electron chi connectivity index (χ2n) is 7.02. The number of hydrogen-bond acceptors (Lipinski definition) is 6. The Bertz CT molecular complexity index is 1150. The molecule has 0 heterocycles. The number of anilines is 1. The van der Waals surface area contributed by atoms with Crippen LogP contribution in [-0.4, -0.2) is 32.7 Å². The van der Waals surface area contributed by atoms with Crippen LogP contribution in [0.4, 0.5) is 5.69 Å². The van der Waals surface area contributed by atoms with E-state index < -0.39 is 18.5 Å². The largest absolute Gasteiger partial charge is 0.495 e. The number of benzene rings is 3. The SMILES string of the molecule is COc1cc(OC)c(NC(=O)COC(=O)c2ccccc2OCc2ccccc2C)cc1Cl. The van der Waals surface area contributed by atoms with Crippen molar-refractivity contribution in [3.05, 3.63) is 82.4 Å². The molecule has 0 unspecified atom stereocenters. The molecule has 0 fully saturated rings. The second kappa shape index (κ2) is 11.2. The maximum atomic E-state index is 12.6. The van der Waals surface area contributed by atoms with Gasteiger partial charge in [0, 0.05) is 6.07 Å². The van der Waals surface area contributed by atoms with Gasteiger partial charge in [-0.25, -0.2) is 4.79 Å². The van der Waals surface area contributed by atoms with E-state index in [0.717, 1.165) is 11.1 Å². The molecule has 1 amide bonds. The van der Waals surface area contributed by atoms with Crippen LogP contribution in [0.15, 0.2) is 60.7 Å². The average molecular weight is 470 g/mol. The number of esters is 1. The minimum Gasteiger partial charge on any atom is -0.495 e. The summed E-state index contributed by atoms with van der Waals surface area (Å²) in [6.07, 6.45) is 0. The molecule has 0 saturated heterocycles. The quantitative estimate of drug-likeness (QED) is 0.442. The van der Waals surface area contributed by atoms with E-state index in [1.165, 1.54) is 20.3 Å². The number of carbonyl (C=O) groups excluding carboxylic acids is 2. The standard InChI is InChI=1S/C25H24ClNO6/c1-16-8-4-5-9-17(16)14-32-21-11-7-6-10-18(21)25(29)33-15-24(28)27-20-12-19(26)22(30-2)13-23(20)31-3/h4-13H,14-15H2,1-3H3,(H,27,28). The zero-order valence-corrected chi connectivity index (χ0v) is 19.3. The molecule has 0 aliphatic heterocycles. The lowest BCUT2D eigenvalue weighted by Crippen LogP contribution is -2.21. The van der Waals surface area contributed by atoms with E-state index in [1.54, 1.807) is 30.3 Å². The Labute approximate surface area is 197 Å². The summed E-state index contributed by atoms with van der Waals surface area (Å²) in [6.45, 7) is 1.79. The van der Waals surface area contributed by atoms with E-state index in [9.17, 15) is 9.59 Å². The van der Waals surface area contributed by atoms with Crippen molar-refractivity contribution in [2.24, 2.45) is 0 Å². The molecule has 0 saturated carbocycles. The minimum atomic E-state index is -0.676. The lowest BCUT2D eigenvalue weighted by Gasteiger charge is -2.14. The van der Waals surface area contributed by atoms with Crippen molar-refractivity contribution < 1.29 is 28.5 Å². The summed E-state index contributed by atoms with van der Waals surface area (Å²) in [6, 6.07) is 17.6. The van der Waals surface area contributed by atoms with E-state index in [-0.39, 0.29) is 5.56 Å². The van der Waals surface area contributed by atoms with Crippen molar-refractivity contribution in [2.75, 3.05) is 26.1 Å². The summed E-state index contributed by atoms with van der Waals surface area (Å²) in [5.74, 6) is -0.104. The van der Waals surface area contributed by atoms with E-state index in [4.69, 9.17) is 30.5 Å². The minimum absolute atomic E-state index is 0.226. The number of amides is 1. The lowest BCUT2D eigenvalue weighted by atomic mass is 10.1. The number of aryl methyl sites for hydroxylation is 1. The van der Waals surface area contributed by atoms with Crippen LogP contribution < -0.4 is 19.5 Å². The number of methoxy groups -OCH3 is 2. The van der Waals surface area contributed by atoms with Crippen LogP contribution >= 0.6 is 11.6 Å². The van der Waals surface area contributed by atoms with E-state index in [1.807, 2.05) is 31.2 Å². The first kappa shape index (κ1) is 23.9. The van der Waals surface area contributed by atoms with Gasteiger partial charge in [0.15, 0.2) is 6.61 Å². The smallest absolute Gasteiger partial charge is 0.342 e. The molecule has 0 aromatic heterocycles. The molecule has 3 aromatic carbocycles. The van der Waals surface area contributed by atoms with Gasteiger partial charge in [-0.2, -0.15) is 0 Å². The van der Waals surface area contributed by atoms with Crippen molar-refractivity contribution in [1.29, 1.82) is 0 Å². The summed E-state index contributed by atoms with van der Waals surface area (Å²) in [5, 5.41) is 2.91. The van der Waals surface area contributed by atoms with Crippen LogP contribution in [0.25, 0.3) is 0 Å². The summed E-state index contributed by atoms with van der Waals surface area (Å²) in [7, 11) is 2.92. The Balaban J connectivity index is 1.63. The molecular weight excluding hydrogens is 446 g/mol. The lowest BCUT2D eigenvalue weighted by molar-refractivity contribution is -0.119. The third kappa shape index (κ3) is 6.17. The molecule has 0 aliphatic rings. The first-order valence-corrected chi connectivity index (χ1v) is 10.5. The van der Waals surface area contributed by atoms with Gasteiger partial charge in [-0.3, -0.25) is 4.79 Å². The monoisotopic (exact) mass is 469 g/mol. The molecule has 0 radical (unpaired) electrons. The molecule has 0 spiro atoms. The summed E-state index contributed by atoms with van der Waals surface area (Å²) >= 11 is 6.12. The van der Waals surface area contributed by atoms with E-state index >= 15 is 0 Å². The Morgan fingerprint density at radius 1 is 0.909 bits per heavy atom. The normalized spacial score (nSPS) is 10.3. The highest BCUT2D eigenvalue weighted by Crippen LogP contribution is 2.35. The van der Waals surface area contributed by atoms with Gasteiger partial charge >= 0.3 is 5.97 Å². The van der Waals surface area contributed by atoms with Crippen LogP contribution in [0, 0.1) is 6.92 Å². The van der Waals surface area contributed by atoms with Gasteiger partial charge in [0.1, 0.15) is 29.4 Å². The zero-order valence-electron chi connectivity index (χ0n) is 18.5. The first-order chi connectivity index (χ1) is 15.9. The molecule has 3 aromatic rings. The molecule has 172 valence electrons. The third-order valence-electron chi connectivity index (χ3n) is 4.83. The summed E-state index contributed by atoms with van der Waals surface area (Å²) in [5.41, 5.74) is 2.64. The molecule has 8 heteroatoms. The van der Waals surface area contributed by atoms with Crippen LogP contribution in [0.3, 0.4) is 0 Å². The average Bonchev–Trinajstić information content (AvgIpc) is 2.82. The predicted molar refractivity (Wildman–Crippen MR) is 125 cm³/mol. The molecular formula is C25H24ClNO6. The molecule has 1 N–H and O–H groups in total. The van der Waals surface area contributed by atoms with Gasteiger partial charge in [-0.1, -0.05) is 48.0 Å². The maximum absolute atomic E-state index is 12.6. The predicted octanol–water partition coefficient (Wildman–Crippen LogP) is 5.04. The summed E-state index contributed by atoms with van der Waals surface area (Å²) in [4.78, 5) is 25.0. The number of para-hydroxylation sites is 1. The van der Waals surface area contributed by atoms with Gasteiger partial charge < -0.3 is 24.3 Å². The van der Waals surface area contributed by atoms with Crippen LogP contribution in [-0.2, 0) is 16.1 Å². The maximum Gasteiger partial charge on any atom is 0.342 e. The van der Waals surface area contributed by atoms with Gasteiger partial charge in [0.25, 0.3) is 5.91 Å². The molecule has 3 rings (SSSR count). The van der Waals surface area contributed by atoms with Gasteiger partial charge in [-0.05, 0) is 36.2 Å². The summed E-state index contributed by atoms with van der Waals surface area (Å²) < 4.78 is 21.4. The third-order valence-corrected chi connectivity index (χ3v) is 5.13. The van der Waals surface area contributed by atoms with Gasteiger partial charge in [0.05, 0.1) is 24.9 Å². The van der Waals surface area contributed by atoms with Crippen molar-refractivity contribution in [2.45, 2.75) is 13.5 Å². The van der Waals surface area contributed by atoms with E-state index in [0.29, 0.717) is 34.6 Å². The van der Waals surface area contributed by atoms with Crippen molar-refractivity contribution in [3.8, 4) is 17.2 Å². The molecule has 7 nitrogen and oxygen atoms in total. The number of rotatable bonds is 9. The highest BCUT2D eigenvalue weighted by atomic mass is 35.5. The van der Waals surface area contributed by atoms with Crippen molar-refractivity contribution >= 4 is 29.2 Å². The molecule has 0 aliphatic carbocycles. The van der Waals surface area contributed by atoms with Gasteiger partial charge in [0.2, 0.25) is 0 Å². The zero-order chi connectivity index (χ0) is 23.8. The highest BCUT2D eigenvalue weighted by molar-refractivity contribution is 6.32. The molecule has 0 bridgehead atoms. The fourth-order valence-electron chi connectivity index (χ4n) is 3.04. The Morgan fingerprint density at radius 3 is 2.33 bits per heavy atom. The number of ether oxygens (including phenoxy) is 4. The fraction of sp³-hybridized carbons (Fsp3) is 0.200. The number of nitrogens with one attached hydrogen (secondary N) is 1. The highest BCUT2D eigenvalue weighted by Gasteiger charge is 2.17. The molecule has 0 atom stereocenters. The number of hydrogen-bond donors (Lipinski definition) is 1. The Hall–Kier alpha value is -3.71. The van der Waals surface area contributed by atoms with Crippen LogP contribution in [0.1, 0.15) is 21.5 Å². The van der Waals surface area contributed by atoms with Crippen LogP contribution in [0.2, 0.25) is 5.02 Å². The van der Waals surface area contributed by atoms with E-state index in [2.05, 4.69) is 5.32 Å². The first-order valence-electron chi connectivity index (χ1n) is 10.1. The Morgan fingerprint density at radius 2 is 1.61 bits per heavy atom. The fourth-order valence-corrected chi connectivity index (χ4v) is 3.28. The van der Waals surface area contributed by atoms with Crippen LogP contribution in [0.5, 0.6) is 17.2 Å². The second-order valence-corrected chi connectivity index (χ2v) is 7.43. The number of carbonyl (C=O) groups is 2. The topological polar surface area (TPSA) is 83.1 Å². The van der Waals surface area contributed by atoms with Crippen molar-refractivity contribution in [3.63, 3.8) is 0 Å². The number of halogens is 1. The van der Waals surface area contributed by atoms with Crippen molar-refractivity contribution in [1.82, 2.24) is 0 Å². The Kier molecular flexibility index (Phi) is 8.16. The van der Waals surface area contributed by atoms with Gasteiger partial charge in [-0.15, -0.1) is 0 Å². The molecule has 33 heavy (non-hydrogen) atoms.